The third-order valence-electron chi connectivity index (χ3n) is 4.03. The van der Waals surface area contributed by atoms with Crippen LogP contribution in [-0.4, -0.2) is 73.2 Å². The van der Waals surface area contributed by atoms with Crippen molar-refractivity contribution < 1.29 is 64.8 Å². The zero-order valence-corrected chi connectivity index (χ0v) is 18.2. The van der Waals surface area contributed by atoms with Gasteiger partial charge in [0.05, 0.1) is 22.3 Å². The number of carbonyl (C=O) groups excluding carboxylic acids is 2. The number of hydrogen-bond donors (Lipinski definition) is 4. The average Bonchev–Trinajstić information content (AvgIpc) is 2.73. The van der Waals surface area contributed by atoms with Crippen molar-refractivity contribution in [2.75, 3.05) is 13.2 Å². The standard InChI is InChI=1S/C18H14O14S2/c19-15(20)13-9(3-1-5-11(13)33(25,26)27)17(23)31-7-8-32-18(24)10-4-2-6-12(34(28,29)30)14(10)16(21)22/h1-6H,7-8H2,(H,19,20)(H,21,22)(H,25,26,27)(H,28,29,30). The molecular formula is C18H14O14S2. The molecule has 0 aromatic heterocycles. The van der Waals surface area contributed by atoms with Crippen molar-refractivity contribution >= 4 is 44.1 Å². The molecule has 0 spiro atoms. The molecule has 0 aliphatic heterocycles. The lowest BCUT2D eigenvalue weighted by atomic mass is 10.1. The molecule has 0 saturated heterocycles. The summed E-state index contributed by atoms with van der Waals surface area (Å²) in [7, 11) is -9.99. The lowest BCUT2D eigenvalue weighted by Crippen LogP contribution is -2.20. The molecule has 0 unspecified atom stereocenters. The van der Waals surface area contributed by atoms with E-state index in [1.165, 1.54) is 0 Å². The fraction of sp³-hybridized carbons (Fsp3) is 0.111. The zero-order valence-electron chi connectivity index (χ0n) is 16.6. The molecule has 0 atom stereocenters. The van der Waals surface area contributed by atoms with E-state index in [-0.39, 0.29) is 0 Å². The summed E-state index contributed by atoms with van der Waals surface area (Å²) in [6, 6.07) is 5.26. The lowest BCUT2D eigenvalue weighted by Gasteiger charge is -2.11. The number of aromatic carboxylic acids is 2. The molecule has 0 saturated carbocycles. The summed E-state index contributed by atoms with van der Waals surface area (Å²) in [6.45, 7) is -1.42. The van der Waals surface area contributed by atoms with E-state index in [4.69, 9.17) is 18.6 Å². The van der Waals surface area contributed by atoms with Crippen LogP contribution < -0.4 is 0 Å². The normalized spacial score (nSPS) is 11.5. The average molecular weight is 518 g/mol. The Labute approximate surface area is 190 Å². The van der Waals surface area contributed by atoms with Crippen LogP contribution in [0.3, 0.4) is 0 Å². The van der Waals surface area contributed by atoms with Crippen LogP contribution in [0.2, 0.25) is 0 Å². The van der Waals surface area contributed by atoms with Gasteiger partial charge in [-0.3, -0.25) is 9.11 Å². The number of ether oxygens (including phenoxy) is 2. The van der Waals surface area contributed by atoms with Crippen molar-refractivity contribution in [3.05, 3.63) is 58.7 Å². The maximum Gasteiger partial charge on any atom is 0.339 e. The van der Waals surface area contributed by atoms with Gasteiger partial charge >= 0.3 is 23.9 Å². The van der Waals surface area contributed by atoms with Crippen molar-refractivity contribution in [1.29, 1.82) is 0 Å². The highest BCUT2D eigenvalue weighted by Gasteiger charge is 2.28. The molecule has 0 fully saturated rings. The van der Waals surface area contributed by atoms with E-state index in [1.54, 1.807) is 0 Å². The van der Waals surface area contributed by atoms with Gasteiger partial charge in [-0.05, 0) is 24.3 Å². The minimum Gasteiger partial charge on any atom is -0.478 e. The number of carbonyl (C=O) groups is 4. The van der Waals surface area contributed by atoms with Crippen molar-refractivity contribution in [3.8, 4) is 0 Å². The second kappa shape index (κ2) is 9.96. The van der Waals surface area contributed by atoms with Crippen molar-refractivity contribution in [3.63, 3.8) is 0 Å². The largest absolute Gasteiger partial charge is 0.478 e. The van der Waals surface area contributed by atoms with Crippen LogP contribution in [0.5, 0.6) is 0 Å². The molecule has 0 heterocycles. The van der Waals surface area contributed by atoms with E-state index in [9.17, 15) is 46.2 Å². The molecule has 34 heavy (non-hydrogen) atoms. The highest BCUT2D eigenvalue weighted by Crippen LogP contribution is 2.22. The second-order valence-electron chi connectivity index (χ2n) is 6.19. The summed E-state index contributed by atoms with van der Waals surface area (Å²) in [4.78, 5) is 45.1. The third kappa shape index (κ3) is 5.93. The predicted molar refractivity (Wildman–Crippen MR) is 107 cm³/mol. The molecule has 0 aliphatic rings. The van der Waals surface area contributed by atoms with Crippen LogP contribution in [0.25, 0.3) is 0 Å². The molecule has 16 heteroatoms. The molecule has 0 amide bonds. The fourth-order valence-corrected chi connectivity index (χ4v) is 4.11. The monoisotopic (exact) mass is 518 g/mol. The van der Waals surface area contributed by atoms with E-state index in [0.717, 1.165) is 36.4 Å². The third-order valence-corrected chi connectivity index (χ3v) is 5.82. The second-order valence-corrected chi connectivity index (χ2v) is 8.97. The maximum atomic E-state index is 12.2. The molecule has 4 N–H and O–H groups in total. The van der Waals surface area contributed by atoms with E-state index in [0.29, 0.717) is 0 Å². The van der Waals surface area contributed by atoms with Gasteiger partial charge in [-0.15, -0.1) is 0 Å². The summed E-state index contributed by atoms with van der Waals surface area (Å²) in [6.07, 6.45) is 0. The summed E-state index contributed by atoms with van der Waals surface area (Å²) in [5, 5.41) is 18.4. The zero-order chi connectivity index (χ0) is 25.8. The Morgan fingerprint density at radius 2 is 0.971 bits per heavy atom. The SMILES string of the molecule is O=C(OCCOC(=O)c1cccc(S(=O)(=O)O)c1C(=O)O)c1cccc(S(=O)(=O)O)c1C(=O)O. The highest BCUT2D eigenvalue weighted by atomic mass is 32.2. The first kappa shape index (κ1) is 26.4. The Kier molecular flexibility index (Phi) is 7.73. The highest BCUT2D eigenvalue weighted by molar-refractivity contribution is 7.86. The quantitative estimate of drug-likeness (QED) is 0.202. The van der Waals surface area contributed by atoms with Gasteiger partial charge in [-0.1, -0.05) is 12.1 Å². The Bertz CT molecular complexity index is 1280. The van der Waals surface area contributed by atoms with E-state index in [2.05, 4.69) is 0 Å². The minimum absolute atomic E-state index is 0.708. The molecule has 2 aromatic carbocycles. The van der Waals surface area contributed by atoms with E-state index >= 15 is 0 Å². The first-order valence-electron chi connectivity index (χ1n) is 8.68. The van der Waals surface area contributed by atoms with Gasteiger partial charge in [0.15, 0.2) is 0 Å². The molecule has 0 bridgehead atoms. The number of hydrogen-bond acceptors (Lipinski definition) is 10. The van der Waals surface area contributed by atoms with Crippen molar-refractivity contribution in [1.82, 2.24) is 0 Å². The van der Waals surface area contributed by atoms with E-state index in [1.807, 2.05) is 0 Å². The van der Waals surface area contributed by atoms with Gasteiger partial charge in [0.25, 0.3) is 20.2 Å². The number of carboxylic acid groups (broad SMARTS) is 2. The maximum absolute atomic E-state index is 12.2. The Morgan fingerprint density at radius 1 is 0.647 bits per heavy atom. The molecule has 14 nitrogen and oxygen atoms in total. The van der Waals surface area contributed by atoms with Crippen LogP contribution in [0.4, 0.5) is 0 Å². The number of esters is 2. The molecule has 0 aliphatic carbocycles. The Hall–Kier alpha value is -3.86. The van der Waals surface area contributed by atoms with Gasteiger partial charge in [0.1, 0.15) is 23.0 Å². The van der Waals surface area contributed by atoms with Gasteiger partial charge in [0.2, 0.25) is 0 Å². The van der Waals surface area contributed by atoms with Gasteiger partial charge in [-0.25, -0.2) is 19.2 Å². The van der Waals surface area contributed by atoms with Crippen LogP contribution in [0, 0.1) is 0 Å². The topological polar surface area (TPSA) is 236 Å². The molecular weight excluding hydrogens is 504 g/mol. The summed E-state index contributed by atoms with van der Waals surface area (Å²) < 4.78 is 73.1. The Morgan fingerprint density at radius 3 is 1.24 bits per heavy atom. The molecule has 2 aromatic rings. The number of carboxylic acids is 2. The van der Waals surface area contributed by atoms with Gasteiger partial charge < -0.3 is 19.7 Å². The predicted octanol–water partition coefficient (Wildman–Crippen LogP) is 0.590. The summed E-state index contributed by atoms with van der Waals surface area (Å²) in [5.41, 5.74) is -3.58. The van der Waals surface area contributed by atoms with Crippen LogP contribution in [0.15, 0.2) is 46.2 Å². The van der Waals surface area contributed by atoms with Crippen LogP contribution in [-0.2, 0) is 29.7 Å². The smallest absolute Gasteiger partial charge is 0.339 e. The van der Waals surface area contributed by atoms with Crippen molar-refractivity contribution in [2.45, 2.75) is 9.79 Å². The Balaban J connectivity index is 2.17. The summed E-state index contributed by atoms with van der Waals surface area (Å²) in [5.74, 6) is -6.41. The van der Waals surface area contributed by atoms with Gasteiger partial charge in [-0.2, -0.15) is 16.8 Å². The van der Waals surface area contributed by atoms with Crippen molar-refractivity contribution in [2.24, 2.45) is 0 Å². The molecule has 0 radical (unpaired) electrons. The first-order valence-corrected chi connectivity index (χ1v) is 11.6. The summed E-state index contributed by atoms with van der Waals surface area (Å²) >= 11 is 0. The number of rotatable bonds is 9. The first-order chi connectivity index (χ1) is 15.7. The van der Waals surface area contributed by atoms with E-state index < -0.39 is 89.4 Å². The van der Waals surface area contributed by atoms with Crippen LogP contribution >= 0.6 is 0 Å². The van der Waals surface area contributed by atoms with Gasteiger partial charge in [0, 0.05) is 0 Å². The van der Waals surface area contributed by atoms with Crippen LogP contribution in [0.1, 0.15) is 41.4 Å². The lowest BCUT2D eigenvalue weighted by molar-refractivity contribution is 0.0261. The molecule has 182 valence electrons. The minimum atomic E-state index is -4.99. The number of benzene rings is 2. The molecule has 2 rings (SSSR count). The fourth-order valence-electron chi connectivity index (χ4n) is 2.70.